The molecule has 2 bridgehead atoms. The van der Waals surface area contributed by atoms with E-state index in [9.17, 15) is 9.59 Å². The van der Waals surface area contributed by atoms with Gasteiger partial charge in [0.1, 0.15) is 6.54 Å². The maximum absolute atomic E-state index is 13.0. The maximum atomic E-state index is 13.0. The van der Waals surface area contributed by atoms with Crippen molar-refractivity contribution in [2.45, 2.75) is 37.3 Å². The highest BCUT2D eigenvalue weighted by atomic mass is 16.5. The molecule has 3 aliphatic rings. The highest BCUT2D eigenvalue weighted by Crippen LogP contribution is 2.46. The molecular weight excluding hydrogens is 280 g/mol. The van der Waals surface area contributed by atoms with Crippen LogP contribution in [-0.2, 0) is 19.9 Å². The summed E-state index contributed by atoms with van der Waals surface area (Å²) in [6, 6.07) is 9.97. The van der Waals surface area contributed by atoms with Crippen molar-refractivity contribution in [2.75, 3.05) is 20.2 Å². The number of piperidine rings is 2. The molecule has 0 spiro atoms. The molecule has 3 aliphatic heterocycles. The van der Waals surface area contributed by atoms with E-state index in [4.69, 9.17) is 4.74 Å². The lowest BCUT2D eigenvalue weighted by atomic mass is 9.68. The molecule has 0 aromatic heterocycles. The molecule has 1 N–H and O–H groups in total. The summed E-state index contributed by atoms with van der Waals surface area (Å²) in [6.07, 6.45) is 2.39. The highest BCUT2D eigenvalue weighted by molar-refractivity contribution is 5.92. The number of piperazine rings is 1. The van der Waals surface area contributed by atoms with Crippen molar-refractivity contribution in [1.82, 2.24) is 10.2 Å². The van der Waals surface area contributed by atoms with Crippen molar-refractivity contribution < 1.29 is 14.3 Å². The molecule has 0 aliphatic carbocycles. The molecule has 2 atom stereocenters. The summed E-state index contributed by atoms with van der Waals surface area (Å²) in [4.78, 5) is 26.6. The second kappa shape index (κ2) is 5.39. The van der Waals surface area contributed by atoms with Gasteiger partial charge in [0.2, 0.25) is 5.91 Å². The number of nitrogens with zero attached hydrogens (tertiary/aromatic N) is 1. The lowest BCUT2D eigenvalue weighted by molar-refractivity contribution is -0.168. The van der Waals surface area contributed by atoms with E-state index in [0.717, 1.165) is 24.8 Å². The molecule has 118 valence electrons. The SMILES string of the molecule is CCC12CCC(c3ccccc3)(CN1)N(CC(=O)OC)C2=O. The predicted molar refractivity (Wildman–Crippen MR) is 82.1 cm³/mol. The Labute approximate surface area is 130 Å². The van der Waals surface area contributed by atoms with Gasteiger partial charge < -0.3 is 15.0 Å². The van der Waals surface area contributed by atoms with E-state index in [2.05, 4.69) is 5.32 Å². The Morgan fingerprint density at radius 2 is 2.05 bits per heavy atom. The zero-order valence-corrected chi connectivity index (χ0v) is 13.1. The Balaban J connectivity index is 2.04. The average molecular weight is 302 g/mol. The summed E-state index contributed by atoms with van der Waals surface area (Å²) in [5.74, 6) is -0.357. The quantitative estimate of drug-likeness (QED) is 0.855. The molecule has 3 fully saturated rings. The first-order valence-corrected chi connectivity index (χ1v) is 7.77. The Morgan fingerprint density at radius 3 is 2.59 bits per heavy atom. The average Bonchev–Trinajstić information content (AvgIpc) is 2.59. The van der Waals surface area contributed by atoms with Crippen LogP contribution in [0.15, 0.2) is 30.3 Å². The number of nitrogens with one attached hydrogen (secondary N) is 1. The van der Waals surface area contributed by atoms with Crippen LogP contribution in [0.2, 0.25) is 0 Å². The minimum absolute atomic E-state index is 0.00760. The Bertz CT molecular complexity index is 577. The summed E-state index contributed by atoms with van der Waals surface area (Å²) in [6.45, 7) is 2.70. The van der Waals surface area contributed by atoms with Crippen LogP contribution in [-0.4, -0.2) is 42.5 Å². The van der Waals surface area contributed by atoms with Crippen molar-refractivity contribution in [2.24, 2.45) is 0 Å². The molecule has 22 heavy (non-hydrogen) atoms. The number of hydrogen-bond donors (Lipinski definition) is 1. The number of carbonyl (C=O) groups excluding carboxylic acids is 2. The van der Waals surface area contributed by atoms with Crippen LogP contribution in [0.5, 0.6) is 0 Å². The van der Waals surface area contributed by atoms with E-state index in [-0.39, 0.29) is 18.4 Å². The molecule has 5 heteroatoms. The van der Waals surface area contributed by atoms with Gasteiger partial charge in [-0.05, 0) is 24.8 Å². The van der Waals surface area contributed by atoms with Crippen molar-refractivity contribution in [3.05, 3.63) is 35.9 Å². The number of carbonyl (C=O) groups is 2. The minimum Gasteiger partial charge on any atom is -0.468 e. The van der Waals surface area contributed by atoms with Crippen molar-refractivity contribution in [3.8, 4) is 0 Å². The molecule has 1 amide bonds. The molecule has 5 nitrogen and oxygen atoms in total. The van der Waals surface area contributed by atoms with Gasteiger partial charge in [-0.2, -0.15) is 0 Å². The number of methoxy groups -OCH3 is 1. The van der Waals surface area contributed by atoms with E-state index < -0.39 is 11.1 Å². The second-order valence-electron chi connectivity index (χ2n) is 6.15. The zero-order valence-electron chi connectivity index (χ0n) is 13.1. The third-order valence-corrected chi connectivity index (χ3v) is 5.29. The summed E-state index contributed by atoms with van der Waals surface area (Å²) in [5.41, 5.74) is 0.0951. The third-order valence-electron chi connectivity index (χ3n) is 5.29. The van der Waals surface area contributed by atoms with Gasteiger partial charge in [0.25, 0.3) is 0 Å². The third kappa shape index (κ3) is 2.03. The van der Waals surface area contributed by atoms with Crippen LogP contribution in [0.1, 0.15) is 31.7 Å². The topological polar surface area (TPSA) is 58.6 Å². The molecule has 3 heterocycles. The Hall–Kier alpha value is -1.88. The first-order valence-electron chi connectivity index (χ1n) is 7.77. The van der Waals surface area contributed by atoms with Crippen molar-refractivity contribution in [3.63, 3.8) is 0 Å². The first kappa shape index (κ1) is 15.0. The normalized spacial score (nSPS) is 30.5. The highest BCUT2D eigenvalue weighted by Gasteiger charge is 2.58. The van der Waals surface area contributed by atoms with Gasteiger partial charge in [-0.3, -0.25) is 9.59 Å². The van der Waals surface area contributed by atoms with Crippen LogP contribution in [0, 0.1) is 0 Å². The Morgan fingerprint density at radius 1 is 1.32 bits per heavy atom. The first-order chi connectivity index (χ1) is 10.6. The predicted octanol–water partition coefficient (Wildman–Crippen LogP) is 1.43. The number of ether oxygens (including phenoxy) is 1. The van der Waals surface area contributed by atoms with Gasteiger partial charge >= 0.3 is 5.97 Å². The van der Waals surface area contributed by atoms with Gasteiger partial charge in [-0.15, -0.1) is 0 Å². The fraction of sp³-hybridized carbons (Fsp3) is 0.529. The molecular formula is C17H22N2O3. The lowest BCUT2D eigenvalue weighted by Gasteiger charge is -2.59. The van der Waals surface area contributed by atoms with Crippen molar-refractivity contribution in [1.29, 1.82) is 0 Å². The van der Waals surface area contributed by atoms with Crippen LogP contribution in [0.4, 0.5) is 0 Å². The van der Waals surface area contributed by atoms with Gasteiger partial charge in [0.15, 0.2) is 0 Å². The number of benzene rings is 1. The van der Waals surface area contributed by atoms with E-state index in [1.807, 2.05) is 37.3 Å². The number of rotatable bonds is 4. The lowest BCUT2D eigenvalue weighted by Crippen LogP contribution is -2.76. The van der Waals surface area contributed by atoms with E-state index in [1.54, 1.807) is 4.90 Å². The summed E-state index contributed by atoms with van der Waals surface area (Å²) in [7, 11) is 1.36. The number of esters is 1. The van der Waals surface area contributed by atoms with Gasteiger partial charge in [0.05, 0.1) is 18.2 Å². The monoisotopic (exact) mass is 302 g/mol. The summed E-state index contributed by atoms with van der Waals surface area (Å²) >= 11 is 0. The van der Waals surface area contributed by atoms with Crippen LogP contribution in [0.3, 0.4) is 0 Å². The van der Waals surface area contributed by atoms with E-state index in [1.165, 1.54) is 7.11 Å². The smallest absolute Gasteiger partial charge is 0.325 e. The molecule has 0 radical (unpaired) electrons. The van der Waals surface area contributed by atoms with Crippen LogP contribution in [0.25, 0.3) is 0 Å². The molecule has 3 saturated heterocycles. The molecule has 0 saturated carbocycles. The van der Waals surface area contributed by atoms with Crippen LogP contribution >= 0.6 is 0 Å². The standard InChI is InChI=1S/C17H22N2O3/c1-3-16-9-10-17(12-18-16,13-7-5-4-6-8-13)19(15(16)21)11-14(20)22-2/h4-8,18H,3,9-12H2,1-2H3. The molecule has 1 aromatic carbocycles. The maximum Gasteiger partial charge on any atom is 0.325 e. The fourth-order valence-electron chi connectivity index (χ4n) is 3.80. The van der Waals surface area contributed by atoms with Crippen LogP contribution < -0.4 is 5.32 Å². The van der Waals surface area contributed by atoms with E-state index in [0.29, 0.717) is 6.54 Å². The number of fused-ring (bicyclic) bond motifs is 3. The van der Waals surface area contributed by atoms with Crippen molar-refractivity contribution >= 4 is 11.9 Å². The number of hydrogen-bond acceptors (Lipinski definition) is 4. The minimum atomic E-state index is -0.523. The van der Waals surface area contributed by atoms with Gasteiger partial charge in [0, 0.05) is 6.54 Å². The van der Waals surface area contributed by atoms with Gasteiger partial charge in [-0.1, -0.05) is 37.3 Å². The fourth-order valence-corrected chi connectivity index (χ4v) is 3.80. The van der Waals surface area contributed by atoms with Gasteiger partial charge in [-0.25, -0.2) is 0 Å². The van der Waals surface area contributed by atoms with E-state index >= 15 is 0 Å². The molecule has 2 unspecified atom stereocenters. The Kier molecular flexibility index (Phi) is 3.68. The number of amides is 1. The molecule has 1 aromatic rings. The largest absolute Gasteiger partial charge is 0.468 e. The summed E-state index contributed by atoms with van der Waals surface area (Å²) in [5, 5.41) is 3.45. The molecule has 4 rings (SSSR count). The zero-order chi connectivity index (χ0) is 15.8. The second-order valence-corrected chi connectivity index (χ2v) is 6.15. The summed E-state index contributed by atoms with van der Waals surface area (Å²) < 4.78 is 4.80.